The zero-order chi connectivity index (χ0) is 24.3. The van der Waals surface area contributed by atoms with Crippen molar-refractivity contribution in [3.63, 3.8) is 0 Å². The summed E-state index contributed by atoms with van der Waals surface area (Å²) in [5, 5.41) is 2.62. The van der Waals surface area contributed by atoms with E-state index in [0.29, 0.717) is 24.3 Å². The molecule has 0 spiro atoms. The molecular weight excluding hydrogens is 447 g/mol. The number of hydrogen-bond donors (Lipinski definition) is 1. The van der Waals surface area contributed by atoms with Gasteiger partial charge in [0.2, 0.25) is 0 Å². The number of ether oxygens (including phenoxy) is 2. The van der Waals surface area contributed by atoms with Gasteiger partial charge in [-0.1, -0.05) is 42.5 Å². The molecule has 0 saturated carbocycles. The van der Waals surface area contributed by atoms with E-state index in [9.17, 15) is 18.0 Å². The minimum atomic E-state index is -4.96. The monoisotopic (exact) mass is 471 g/mol. The van der Waals surface area contributed by atoms with Crippen molar-refractivity contribution >= 4 is 17.4 Å². The lowest BCUT2D eigenvalue weighted by molar-refractivity contribution is -0.274. The van der Waals surface area contributed by atoms with E-state index >= 15 is 0 Å². The van der Waals surface area contributed by atoms with E-state index in [4.69, 9.17) is 4.74 Å². The Hall–Kier alpha value is -3.59. The Bertz CT molecular complexity index is 1130. The Balaban J connectivity index is 1.58. The molecule has 0 aliphatic carbocycles. The van der Waals surface area contributed by atoms with Crippen molar-refractivity contribution in [3.8, 4) is 16.9 Å². The molecule has 1 amide bonds. The predicted molar refractivity (Wildman–Crippen MR) is 123 cm³/mol. The van der Waals surface area contributed by atoms with Crippen LogP contribution in [0.1, 0.15) is 24.2 Å². The van der Waals surface area contributed by atoms with E-state index in [1.807, 2.05) is 13.8 Å². The van der Waals surface area contributed by atoms with Gasteiger partial charge in [0, 0.05) is 18.7 Å². The molecule has 3 aromatic rings. The molecule has 0 radical (unpaired) electrons. The number of carbonyl (C=O) groups is 1. The van der Waals surface area contributed by atoms with E-state index < -0.39 is 18.0 Å². The molecule has 1 aliphatic rings. The highest BCUT2D eigenvalue weighted by atomic mass is 19.4. The van der Waals surface area contributed by atoms with Gasteiger partial charge in [-0.25, -0.2) is 4.98 Å². The molecule has 34 heavy (non-hydrogen) atoms. The van der Waals surface area contributed by atoms with Crippen LogP contribution in [-0.4, -0.2) is 42.6 Å². The lowest BCUT2D eigenvalue weighted by Crippen LogP contribution is -2.45. The summed E-state index contributed by atoms with van der Waals surface area (Å²) < 4.78 is 49.7. The maximum atomic E-state index is 13.2. The summed E-state index contributed by atoms with van der Waals surface area (Å²) in [6, 6.07) is 16.2. The molecule has 9 heteroatoms. The van der Waals surface area contributed by atoms with Crippen LogP contribution < -0.4 is 15.0 Å². The number of benzene rings is 2. The van der Waals surface area contributed by atoms with Gasteiger partial charge in [0.15, 0.2) is 0 Å². The lowest BCUT2D eigenvalue weighted by Gasteiger charge is -2.36. The smallest absolute Gasteiger partial charge is 0.404 e. The van der Waals surface area contributed by atoms with Crippen LogP contribution in [0.25, 0.3) is 11.1 Å². The van der Waals surface area contributed by atoms with E-state index in [2.05, 4.69) is 19.9 Å². The number of nitrogens with zero attached hydrogens (tertiary/aromatic N) is 2. The summed E-state index contributed by atoms with van der Waals surface area (Å²) in [7, 11) is 0. The average Bonchev–Trinajstić information content (AvgIpc) is 2.78. The Morgan fingerprint density at radius 3 is 2.35 bits per heavy atom. The van der Waals surface area contributed by atoms with Crippen LogP contribution >= 0.6 is 0 Å². The van der Waals surface area contributed by atoms with Gasteiger partial charge in [-0.05, 0) is 37.6 Å². The highest BCUT2D eigenvalue weighted by Gasteiger charge is 2.34. The van der Waals surface area contributed by atoms with Crippen LogP contribution in [0.5, 0.6) is 5.75 Å². The van der Waals surface area contributed by atoms with Crippen molar-refractivity contribution in [2.45, 2.75) is 32.4 Å². The van der Waals surface area contributed by atoms with Crippen LogP contribution in [0.4, 0.5) is 24.7 Å². The average molecular weight is 471 g/mol. The van der Waals surface area contributed by atoms with Gasteiger partial charge < -0.3 is 19.7 Å². The maximum Gasteiger partial charge on any atom is 0.573 e. The van der Waals surface area contributed by atoms with Crippen LogP contribution in [0, 0.1) is 0 Å². The quantitative estimate of drug-likeness (QED) is 0.532. The number of anilines is 2. The standard InChI is InChI=1S/C25H24F3N3O3/c1-16-14-31(15-17(2)33-16)22-12-11-19(13-29-22)30-24(32)21-10-6-9-20(18-7-4-3-5-8-18)23(21)34-25(26,27)28/h3-13,16-17H,14-15H2,1-2H3,(H,30,32)/t16-,17+. The first-order valence-corrected chi connectivity index (χ1v) is 10.8. The molecule has 1 fully saturated rings. The van der Waals surface area contributed by atoms with Gasteiger partial charge in [-0.15, -0.1) is 13.2 Å². The fourth-order valence-electron chi connectivity index (χ4n) is 4.00. The van der Waals surface area contributed by atoms with Crippen molar-refractivity contribution in [1.82, 2.24) is 4.98 Å². The molecule has 178 valence electrons. The number of rotatable bonds is 5. The van der Waals surface area contributed by atoms with Crippen LogP contribution in [0.2, 0.25) is 0 Å². The molecule has 1 N–H and O–H groups in total. The normalized spacial score (nSPS) is 18.4. The van der Waals surface area contributed by atoms with Gasteiger partial charge in [0.05, 0.1) is 29.7 Å². The maximum absolute atomic E-state index is 13.2. The highest BCUT2D eigenvalue weighted by molar-refractivity contribution is 6.07. The third kappa shape index (κ3) is 5.66. The van der Waals surface area contributed by atoms with Gasteiger partial charge >= 0.3 is 6.36 Å². The number of aromatic nitrogens is 1. The molecule has 6 nitrogen and oxygen atoms in total. The lowest BCUT2D eigenvalue weighted by atomic mass is 10.0. The third-order valence-electron chi connectivity index (χ3n) is 5.31. The largest absolute Gasteiger partial charge is 0.573 e. The summed E-state index contributed by atoms with van der Waals surface area (Å²) in [6.07, 6.45) is -3.36. The van der Waals surface area contributed by atoms with Crippen molar-refractivity contribution in [2.24, 2.45) is 0 Å². The number of carbonyl (C=O) groups excluding carboxylic acids is 1. The molecule has 1 saturated heterocycles. The Labute approximate surface area is 195 Å². The molecule has 2 heterocycles. The number of alkyl halides is 3. The minimum absolute atomic E-state index is 0.0638. The predicted octanol–water partition coefficient (Wildman–Crippen LogP) is 5.51. The molecular formula is C25H24F3N3O3. The summed E-state index contributed by atoms with van der Waals surface area (Å²) in [4.78, 5) is 19.5. The molecule has 2 atom stereocenters. The fourth-order valence-corrected chi connectivity index (χ4v) is 4.00. The SMILES string of the molecule is C[C@@H]1CN(c2ccc(NC(=O)c3cccc(-c4ccccc4)c3OC(F)(F)F)cn2)C[C@H](C)O1. The van der Waals surface area contributed by atoms with Crippen LogP contribution in [-0.2, 0) is 4.74 Å². The number of amides is 1. The molecule has 4 rings (SSSR count). The Morgan fingerprint density at radius 2 is 1.74 bits per heavy atom. The van der Waals surface area contributed by atoms with Crippen LogP contribution in [0.3, 0.4) is 0 Å². The van der Waals surface area contributed by atoms with E-state index in [0.717, 1.165) is 5.82 Å². The number of nitrogens with one attached hydrogen (secondary N) is 1. The van der Waals surface area contributed by atoms with Crippen molar-refractivity contribution in [2.75, 3.05) is 23.3 Å². The second-order valence-electron chi connectivity index (χ2n) is 8.12. The first kappa shape index (κ1) is 23.6. The van der Waals surface area contributed by atoms with E-state index in [-0.39, 0.29) is 23.3 Å². The second-order valence-corrected chi connectivity index (χ2v) is 8.12. The third-order valence-corrected chi connectivity index (χ3v) is 5.31. The molecule has 0 bridgehead atoms. The topological polar surface area (TPSA) is 63.7 Å². The summed E-state index contributed by atoms with van der Waals surface area (Å²) in [6.45, 7) is 5.35. The zero-order valence-corrected chi connectivity index (χ0v) is 18.7. The van der Waals surface area contributed by atoms with Gasteiger partial charge in [0.1, 0.15) is 11.6 Å². The second kappa shape index (κ2) is 9.72. The van der Waals surface area contributed by atoms with Crippen LogP contribution in [0.15, 0.2) is 66.9 Å². The van der Waals surface area contributed by atoms with Gasteiger partial charge in [0.25, 0.3) is 5.91 Å². The number of pyridine rings is 1. The van der Waals surface area contributed by atoms with E-state index in [1.165, 1.54) is 24.4 Å². The molecule has 2 aromatic carbocycles. The first-order chi connectivity index (χ1) is 16.2. The Morgan fingerprint density at radius 1 is 1.03 bits per heavy atom. The van der Waals surface area contributed by atoms with Crippen molar-refractivity contribution in [1.29, 1.82) is 0 Å². The summed E-state index contributed by atoms with van der Waals surface area (Å²) >= 11 is 0. The van der Waals surface area contributed by atoms with E-state index in [1.54, 1.807) is 42.5 Å². The molecule has 1 aliphatic heterocycles. The first-order valence-electron chi connectivity index (χ1n) is 10.8. The van der Waals surface area contributed by atoms with Gasteiger partial charge in [-0.2, -0.15) is 0 Å². The number of morpholine rings is 1. The molecule has 0 unspecified atom stereocenters. The number of halogens is 3. The number of hydrogen-bond acceptors (Lipinski definition) is 5. The summed E-state index contributed by atoms with van der Waals surface area (Å²) in [5.74, 6) is -0.563. The Kier molecular flexibility index (Phi) is 6.74. The van der Waals surface area contributed by atoms with Gasteiger partial charge in [-0.3, -0.25) is 4.79 Å². The summed E-state index contributed by atoms with van der Waals surface area (Å²) in [5.41, 5.74) is 0.774. The fraction of sp³-hybridized carbons (Fsp3) is 0.280. The van der Waals surface area contributed by atoms with Crippen molar-refractivity contribution < 1.29 is 27.4 Å². The van der Waals surface area contributed by atoms with Crippen molar-refractivity contribution in [3.05, 3.63) is 72.4 Å². The molecule has 1 aromatic heterocycles. The minimum Gasteiger partial charge on any atom is -0.404 e. The highest BCUT2D eigenvalue weighted by Crippen LogP contribution is 2.37. The zero-order valence-electron chi connectivity index (χ0n) is 18.7. The number of para-hydroxylation sites is 1.